The van der Waals surface area contributed by atoms with E-state index >= 15 is 0 Å². The van der Waals surface area contributed by atoms with E-state index in [4.69, 9.17) is 27.9 Å². The lowest BCUT2D eigenvalue weighted by Crippen LogP contribution is -2.08. The van der Waals surface area contributed by atoms with E-state index in [1.807, 2.05) is 19.1 Å². The van der Waals surface area contributed by atoms with Gasteiger partial charge in [0.15, 0.2) is 0 Å². The van der Waals surface area contributed by atoms with Crippen LogP contribution in [0.2, 0.25) is 10.0 Å². The van der Waals surface area contributed by atoms with Crippen molar-refractivity contribution in [1.29, 1.82) is 0 Å². The van der Waals surface area contributed by atoms with Crippen LogP contribution in [0, 0.1) is 6.92 Å². The van der Waals surface area contributed by atoms with Gasteiger partial charge in [-0.25, -0.2) is 4.98 Å². The minimum Gasteiger partial charge on any atom is -0.481 e. The number of aryl methyl sites for hydroxylation is 1. The molecular formula is C14H15Cl2N3O. The minimum atomic E-state index is 0.546. The van der Waals surface area contributed by atoms with Crippen molar-refractivity contribution in [3.63, 3.8) is 0 Å². The Morgan fingerprint density at radius 2 is 2.00 bits per heavy atom. The highest BCUT2D eigenvalue weighted by atomic mass is 35.5. The molecular weight excluding hydrogens is 297 g/mol. The number of nitrogens with one attached hydrogen (secondary N) is 1. The van der Waals surface area contributed by atoms with Gasteiger partial charge in [0.05, 0.1) is 7.11 Å². The largest absolute Gasteiger partial charge is 0.481 e. The molecule has 1 aromatic carbocycles. The SMILES string of the molecule is COc1cc(NCCc2ccc(Cl)cc2Cl)nc(C)n1. The third-order valence-corrected chi connectivity index (χ3v) is 3.33. The van der Waals surface area contributed by atoms with Gasteiger partial charge in [0.1, 0.15) is 11.6 Å². The first kappa shape index (κ1) is 14.9. The molecule has 1 heterocycles. The molecule has 0 radical (unpaired) electrons. The van der Waals surface area contributed by atoms with Gasteiger partial charge < -0.3 is 10.1 Å². The second-order valence-corrected chi connectivity index (χ2v) is 5.10. The quantitative estimate of drug-likeness (QED) is 0.913. The van der Waals surface area contributed by atoms with Crippen LogP contribution in [-0.4, -0.2) is 23.6 Å². The summed E-state index contributed by atoms with van der Waals surface area (Å²) in [5.74, 6) is 1.94. The maximum absolute atomic E-state index is 6.13. The van der Waals surface area contributed by atoms with Crippen molar-refractivity contribution in [2.24, 2.45) is 0 Å². The van der Waals surface area contributed by atoms with Gasteiger partial charge in [-0.05, 0) is 31.0 Å². The number of hydrogen-bond donors (Lipinski definition) is 1. The first-order valence-electron chi connectivity index (χ1n) is 6.16. The van der Waals surface area contributed by atoms with Crippen LogP contribution in [0.15, 0.2) is 24.3 Å². The normalized spacial score (nSPS) is 10.4. The van der Waals surface area contributed by atoms with E-state index in [2.05, 4.69) is 15.3 Å². The maximum atomic E-state index is 6.13. The Morgan fingerprint density at radius 3 is 2.70 bits per heavy atom. The van der Waals surface area contributed by atoms with Gasteiger partial charge in [-0.15, -0.1) is 0 Å². The Hall–Kier alpha value is -1.52. The molecule has 0 fully saturated rings. The Morgan fingerprint density at radius 1 is 1.20 bits per heavy atom. The minimum absolute atomic E-state index is 0.546. The molecule has 0 unspecified atom stereocenters. The highest BCUT2D eigenvalue weighted by Gasteiger charge is 2.04. The fraction of sp³-hybridized carbons (Fsp3) is 0.286. The molecule has 4 nitrogen and oxygen atoms in total. The predicted molar refractivity (Wildman–Crippen MR) is 82.0 cm³/mol. The second-order valence-electron chi connectivity index (χ2n) is 4.26. The third kappa shape index (κ3) is 3.99. The molecule has 0 saturated carbocycles. The maximum Gasteiger partial charge on any atom is 0.218 e. The van der Waals surface area contributed by atoms with Crippen LogP contribution in [0.4, 0.5) is 5.82 Å². The van der Waals surface area contributed by atoms with Gasteiger partial charge in [0, 0.05) is 22.7 Å². The van der Waals surface area contributed by atoms with Crippen molar-refractivity contribution < 1.29 is 4.74 Å². The molecule has 0 aliphatic carbocycles. The lowest BCUT2D eigenvalue weighted by molar-refractivity contribution is 0.396. The zero-order valence-corrected chi connectivity index (χ0v) is 12.8. The molecule has 1 N–H and O–H groups in total. The van der Waals surface area contributed by atoms with Crippen LogP contribution in [0.1, 0.15) is 11.4 Å². The van der Waals surface area contributed by atoms with Crippen LogP contribution in [0.25, 0.3) is 0 Å². The molecule has 0 aliphatic rings. The molecule has 106 valence electrons. The summed E-state index contributed by atoms with van der Waals surface area (Å²) in [5, 5.41) is 4.55. The monoisotopic (exact) mass is 311 g/mol. The van der Waals surface area contributed by atoms with Crippen LogP contribution in [0.5, 0.6) is 5.88 Å². The number of methoxy groups -OCH3 is 1. The Kier molecular flexibility index (Phi) is 5.04. The predicted octanol–water partition coefficient (Wildman–Crippen LogP) is 3.76. The average molecular weight is 312 g/mol. The van der Waals surface area contributed by atoms with Gasteiger partial charge in [-0.2, -0.15) is 4.98 Å². The number of hydrogen-bond acceptors (Lipinski definition) is 4. The Balaban J connectivity index is 1.97. The van der Waals surface area contributed by atoms with Gasteiger partial charge in [0.2, 0.25) is 5.88 Å². The van der Waals surface area contributed by atoms with Crippen molar-refractivity contribution >= 4 is 29.0 Å². The summed E-state index contributed by atoms with van der Waals surface area (Å²) in [6.07, 6.45) is 0.779. The lowest BCUT2D eigenvalue weighted by Gasteiger charge is -2.09. The summed E-state index contributed by atoms with van der Waals surface area (Å²) < 4.78 is 5.11. The molecule has 20 heavy (non-hydrogen) atoms. The molecule has 2 aromatic rings. The lowest BCUT2D eigenvalue weighted by atomic mass is 10.1. The molecule has 0 atom stereocenters. The molecule has 1 aromatic heterocycles. The van der Waals surface area contributed by atoms with Crippen molar-refractivity contribution in [2.45, 2.75) is 13.3 Å². The van der Waals surface area contributed by atoms with E-state index in [0.29, 0.717) is 28.3 Å². The number of anilines is 1. The summed E-state index contributed by atoms with van der Waals surface area (Å²) in [5.41, 5.74) is 1.04. The molecule has 0 spiro atoms. The van der Waals surface area contributed by atoms with Crippen molar-refractivity contribution in [1.82, 2.24) is 9.97 Å². The molecule has 0 amide bonds. The number of rotatable bonds is 5. The van der Waals surface area contributed by atoms with E-state index in [0.717, 1.165) is 17.8 Å². The van der Waals surface area contributed by atoms with E-state index in [-0.39, 0.29) is 0 Å². The first-order valence-corrected chi connectivity index (χ1v) is 6.91. The van der Waals surface area contributed by atoms with Crippen LogP contribution in [-0.2, 0) is 6.42 Å². The molecule has 2 rings (SSSR count). The van der Waals surface area contributed by atoms with E-state index in [1.54, 1.807) is 19.2 Å². The zero-order chi connectivity index (χ0) is 14.5. The Bertz CT molecular complexity index is 605. The molecule has 0 saturated heterocycles. The van der Waals surface area contributed by atoms with E-state index in [9.17, 15) is 0 Å². The number of aromatic nitrogens is 2. The van der Waals surface area contributed by atoms with Gasteiger partial charge in [-0.1, -0.05) is 29.3 Å². The summed E-state index contributed by atoms with van der Waals surface area (Å²) in [6, 6.07) is 7.27. The highest BCUT2D eigenvalue weighted by molar-refractivity contribution is 6.35. The topological polar surface area (TPSA) is 47.0 Å². The molecule has 6 heteroatoms. The van der Waals surface area contributed by atoms with Crippen molar-refractivity contribution in [2.75, 3.05) is 19.0 Å². The van der Waals surface area contributed by atoms with Gasteiger partial charge in [-0.3, -0.25) is 0 Å². The summed E-state index contributed by atoms with van der Waals surface area (Å²) >= 11 is 12.0. The molecule has 0 bridgehead atoms. The number of nitrogens with zero attached hydrogens (tertiary/aromatic N) is 2. The van der Waals surface area contributed by atoms with Gasteiger partial charge in [0.25, 0.3) is 0 Å². The van der Waals surface area contributed by atoms with Crippen LogP contribution < -0.4 is 10.1 Å². The average Bonchev–Trinajstić information content (AvgIpc) is 2.40. The number of benzene rings is 1. The first-order chi connectivity index (χ1) is 9.58. The van der Waals surface area contributed by atoms with Crippen molar-refractivity contribution in [3.05, 3.63) is 45.7 Å². The standard InChI is InChI=1S/C14H15Cl2N3O/c1-9-18-13(8-14(19-9)20-2)17-6-5-10-3-4-11(15)7-12(10)16/h3-4,7-8H,5-6H2,1-2H3,(H,17,18,19). The third-order valence-electron chi connectivity index (χ3n) is 2.74. The summed E-state index contributed by atoms with van der Waals surface area (Å²) in [7, 11) is 1.58. The highest BCUT2D eigenvalue weighted by Crippen LogP contribution is 2.21. The zero-order valence-electron chi connectivity index (χ0n) is 11.3. The van der Waals surface area contributed by atoms with E-state index < -0.39 is 0 Å². The fourth-order valence-corrected chi connectivity index (χ4v) is 2.29. The van der Waals surface area contributed by atoms with Crippen LogP contribution in [0.3, 0.4) is 0 Å². The van der Waals surface area contributed by atoms with Gasteiger partial charge >= 0.3 is 0 Å². The smallest absolute Gasteiger partial charge is 0.218 e. The van der Waals surface area contributed by atoms with Crippen molar-refractivity contribution in [3.8, 4) is 5.88 Å². The molecule has 0 aliphatic heterocycles. The summed E-state index contributed by atoms with van der Waals surface area (Å²) in [4.78, 5) is 8.43. The Labute approximate surface area is 128 Å². The van der Waals surface area contributed by atoms with Crippen LogP contribution >= 0.6 is 23.2 Å². The summed E-state index contributed by atoms with van der Waals surface area (Å²) in [6.45, 7) is 2.53. The fourth-order valence-electron chi connectivity index (χ4n) is 1.79. The number of halogens is 2. The number of ether oxygens (including phenoxy) is 1. The van der Waals surface area contributed by atoms with E-state index in [1.165, 1.54) is 0 Å². The second kappa shape index (κ2) is 6.77.